The Kier molecular flexibility index (Phi) is 4.69. The van der Waals surface area contributed by atoms with Gasteiger partial charge >= 0.3 is 0 Å². The Labute approximate surface area is 108 Å². The number of piperidine rings is 1. The Hall–Kier alpha value is -0.730. The highest BCUT2D eigenvalue weighted by Gasteiger charge is 2.13. The molecule has 0 spiro atoms. The minimum Gasteiger partial charge on any atom is -0.493 e. The fraction of sp³-hybridized carbons (Fsp3) is 0.571. The topological polar surface area (TPSA) is 21.3 Å². The van der Waals surface area contributed by atoms with Crippen molar-refractivity contribution in [2.45, 2.75) is 26.2 Å². The van der Waals surface area contributed by atoms with E-state index >= 15 is 0 Å². The summed E-state index contributed by atoms with van der Waals surface area (Å²) in [5.74, 6) is 1.64. The standard InChI is InChI=1S/C14H20ClNO/c1-2-12-9-13(3-4-14(12)15)17-10-11-5-7-16-8-6-11/h3-4,9,11,16H,2,5-8,10H2,1H3. The van der Waals surface area contributed by atoms with Crippen LogP contribution in [-0.2, 0) is 6.42 Å². The number of ether oxygens (including phenoxy) is 1. The van der Waals surface area contributed by atoms with Crippen molar-refractivity contribution in [1.29, 1.82) is 0 Å². The lowest BCUT2D eigenvalue weighted by Crippen LogP contribution is -2.30. The molecule has 1 aromatic carbocycles. The predicted molar refractivity (Wildman–Crippen MR) is 71.9 cm³/mol. The molecule has 1 fully saturated rings. The minimum absolute atomic E-state index is 0.692. The van der Waals surface area contributed by atoms with Crippen molar-refractivity contribution in [3.8, 4) is 5.75 Å². The molecule has 0 aromatic heterocycles. The molecule has 1 N–H and O–H groups in total. The molecule has 2 rings (SSSR count). The molecule has 1 aromatic rings. The summed E-state index contributed by atoms with van der Waals surface area (Å²) in [5, 5.41) is 4.20. The molecular weight excluding hydrogens is 234 g/mol. The number of aryl methyl sites for hydroxylation is 1. The van der Waals surface area contributed by atoms with Gasteiger partial charge < -0.3 is 10.1 Å². The second-order valence-corrected chi connectivity index (χ2v) is 5.02. The highest BCUT2D eigenvalue weighted by Crippen LogP contribution is 2.23. The Morgan fingerprint density at radius 1 is 1.35 bits per heavy atom. The van der Waals surface area contributed by atoms with E-state index in [0.29, 0.717) is 5.92 Å². The molecule has 0 unspecified atom stereocenters. The molecule has 2 nitrogen and oxygen atoms in total. The molecule has 94 valence electrons. The van der Waals surface area contributed by atoms with E-state index in [9.17, 15) is 0 Å². The SMILES string of the molecule is CCc1cc(OCC2CCNCC2)ccc1Cl. The van der Waals surface area contributed by atoms with E-state index in [1.165, 1.54) is 12.8 Å². The molecule has 0 aliphatic carbocycles. The van der Waals surface area contributed by atoms with E-state index in [4.69, 9.17) is 16.3 Å². The molecule has 1 aliphatic heterocycles. The molecule has 0 atom stereocenters. The minimum atomic E-state index is 0.692. The van der Waals surface area contributed by atoms with Crippen molar-refractivity contribution in [2.24, 2.45) is 5.92 Å². The normalized spacial score (nSPS) is 17.1. The van der Waals surface area contributed by atoms with E-state index < -0.39 is 0 Å². The van der Waals surface area contributed by atoms with Gasteiger partial charge in [-0.25, -0.2) is 0 Å². The molecule has 0 bridgehead atoms. The van der Waals surface area contributed by atoms with Crippen LogP contribution in [-0.4, -0.2) is 19.7 Å². The van der Waals surface area contributed by atoms with Crippen LogP contribution in [0.3, 0.4) is 0 Å². The zero-order chi connectivity index (χ0) is 12.1. The molecule has 0 saturated carbocycles. The van der Waals surface area contributed by atoms with E-state index in [2.05, 4.69) is 18.3 Å². The van der Waals surface area contributed by atoms with Gasteiger partial charge in [0.1, 0.15) is 5.75 Å². The highest BCUT2D eigenvalue weighted by molar-refractivity contribution is 6.31. The first-order chi connectivity index (χ1) is 8.29. The van der Waals surface area contributed by atoms with Crippen molar-refractivity contribution in [3.05, 3.63) is 28.8 Å². The van der Waals surface area contributed by atoms with Gasteiger partial charge in [0.15, 0.2) is 0 Å². The molecule has 1 heterocycles. The largest absolute Gasteiger partial charge is 0.493 e. The van der Waals surface area contributed by atoms with Crippen LogP contribution in [0.4, 0.5) is 0 Å². The summed E-state index contributed by atoms with van der Waals surface area (Å²) < 4.78 is 5.86. The summed E-state index contributed by atoms with van der Waals surface area (Å²) >= 11 is 6.08. The van der Waals surface area contributed by atoms with Crippen molar-refractivity contribution in [1.82, 2.24) is 5.32 Å². The monoisotopic (exact) mass is 253 g/mol. The first-order valence-electron chi connectivity index (χ1n) is 6.41. The number of halogens is 1. The first-order valence-corrected chi connectivity index (χ1v) is 6.79. The van der Waals surface area contributed by atoms with Gasteiger partial charge in [0.25, 0.3) is 0 Å². The van der Waals surface area contributed by atoms with Gasteiger partial charge in [-0.2, -0.15) is 0 Å². The van der Waals surface area contributed by atoms with Crippen LogP contribution >= 0.6 is 11.6 Å². The average Bonchev–Trinajstić information content (AvgIpc) is 2.39. The third-order valence-electron chi connectivity index (χ3n) is 3.34. The lowest BCUT2D eigenvalue weighted by Gasteiger charge is -2.22. The summed E-state index contributed by atoms with van der Waals surface area (Å²) in [5.41, 5.74) is 1.16. The Morgan fingerprint density at radius 3 is 2.82 bits per heavy atom. The van der Waals surface area contributed by atoms with Crippen LogP contribution in [0.2, 0.25) is 5.02 Å². The van der Waals surface area contributed by atoms with Crippen LogP contribution < -0.4 is 10.1 Å². The van der Waals surface area contributed by atoms with Crippen LogP contribution in [0, 0.1) is 5.92 Å². The van der Waals surface area contributed by atoms with E-state index in [0.717, 1.165) is 42.5 Å². The lowest BCUT2D eigenvalue weighted by molar-refractivity contribution is 0.215. The zero-order valence-corrected chi connectivity index (χ0v) is 11.1. The van der Waals surface area contributed by atoms with Gasteiger partial charge in [0, 0.05) is 5.02 Å². The van der Waals surface area contributed by atoms with Gasteiger partial charge in [0.05, 0.1) is 6.61 Å². The summed E-state index contributed by atoms with van der Waals surface area (Å²) in [6.07, 6.45) is 3.38. The van der Waals surface area contributed by atoms with Crippen LogP contribution in [0.5, 0.6) is 5.75 Å². The molecule has 1 saturated heterocycles. The van der Waals surface area contributed by atoms with E-state index in [1.54, 1.807) is 0 Å². The fourth-order valence-electron chi connectivity index (χ4n) is 2.17. The van der Waals surface area contributed by atoms with Crippen LogP contribution in [0.1, 0.15) is 25.3 Å². The molecule has 1 aliphatic rings. The number of nitrogens with one attached hydrogen (secondary N) is 1. The summed E-state index contributed by atoms with van der Waals surface area (Å²) in [4.78, 5) is 0. The van der Waals surface area contributed by atoms with Crippen molar-refractivity contribution in [3.63, 3.8) is 0 Å². The Morgan fingerprint density at radius 2 is 2.12 bits per heavy atom. The van der Waals surface area contributed by atoms with Crippen molar-refractivity contribution in [2.75, 3.05) is 19.7 Å². The number of hydrogen-bond acceptors (Lipinski definition) is 2. The lowest BCUT2D eigenvalue weighted by atomic mass is 9.99. The molecular formula is C14H20ClNO. The summed E-state index contributed by atoms with van der Waals surface area (Å²) in [6, 6.07) is 5.95. The van der Waals surface area contributed by atoms with Gasteiger partial charge in [0.2, 0.25) is 0 Å². The van der Waals surface area contributed by atoms with Gasteiger partial charge in [-0.3, -0.25) is 0 Å². The second kappa shape index (κ2) is 6.27. The maximum absolute atomic E-state index is 6.08. The van der Waals surface area contributed by atoms with E-state index in [-0.39, 0.29) is 0 Å². The molecule has 0 amide bonds. The Bertz CT molecular complexity index is 361. The van der Waals surface area contributed by atoms with Gasteiger partial charge in [-0.15, -0.1) is 0 Å². The summed E-state index contributed by atoms with van der Waals surface area (Å²) in [6.45, 7) is 5.17. The molecule has 17 heavy (non-hydrogen) atoms. The molecule has 0 radical (unpaired) electrons. The zero-order valence-electron chi connectivity index (χ0n) is 10.3. The second-order valence-electron chi connectivity index (χ2n) is 4.61. The fourth-order valence-corrected chi connectivity index (χ4v) is 2.43. The third-order valence-corrected chi connectivity index (χ3v) is 3.71. The van der Waals surface area contributed by atoms with Crippen molar-refractivity contribution < 1.29 is 4.74 Å². The maximum Gasteiger partial charge on any atom is 0.119 e. The van der Waals surface area contributed by atoms with Gasteiger partial charge in [-0.1, -0.05) is 18.5 Å². The van der Waals surface area contributed by atoms with E-state index in [1.807, 2.05) is 12.1 Å². The van der Waals surface area contributed by atoms with Crippen molar-refractivity contribution >= 4 is 11.6 Å². The summed E-state index contributed by atoms with van der Waals surface area (Å²) in [7, 11) is 0. The van der Waals surface area contributed by atoms with Crippen LogP contribution in [0.15, 0.2) is 18.2 Å². The third kappa shape index (κ3) is 3.62. The van der Waals surface area contributed by atoms with Gasteiger partial charge in [-0.05, 0) is 62.0 Å². The molecule has 3 heteroatoms. The number of rotatable bonds is 4. The Balaban J connectivity index is 1.89. The maximum atomic E-state index is 6.08. The number of hydrogen-bond donors (Lipinski definition) is 1. The highest BCUT2D eigenvalue weighted by atomic mass is 35.5. The predicted octanol–water partition coefficient (Wildman–Crippen LogP) is 3.28. The quantitative estimate of drug-likeness (QED) is 0.889. The van der Waals surface area contributed by atoms with Crippen LogP contribution in [0.25, 0.3) is 0 Å². The number of benzene rings is 1. The smallest absolute Gasteiger partial charge is 0.119 e. The first kappa shape index (κ1) is 12.7. The average molecular weight is 254 g/mol.